The lowest BCUT2D eigenvalue weighted by Gasteiger charge is -2.34. The highest BCUT2D eigenvalue weighted by molar-refractivity contribution is 5.79. The molecule has 0 unspecified atom stereocenters. The van der Waals surface area contributed by atoms with Crippen molar-refractivity contribution in [1.29, 1.82) is 0 Å². The molecule has 29 heavy (non-hydrogen) atoms. The Morgan fingerprint density at radius 1 is 1.28 bits per heavy atom. The number of aromatic nitrogens is 2. The van der Waals surface area contributed by atoms with Crippen LogP contribution in [0.1, 0.15) is 25.3 Å². The molecule has 1 saturated heterocycles. The predicted molar refractivity (Wildman–Crippen MR) is 111 cm³/mol. The van der Waals surface area contributed by atoms with E-state index in [0.29, 0.717) is 32.0 Å². The Labute approximate surface area is 169 Å². The summed E-state index contributed by atoms with van der Waals surface area (Å²) < 4.78 is 7.90. The minimum atomic E-state index is -0.334. The lowest BCUT2D eigenvalue weighted by molar-refractivity contribution is -0.125. The first-order valence-electron chi connectivity index (χ1n) is 9.91. The lowest BCUT2D eigenvalue weighted by Crippen LogP contribution is -2.47. The van der Waals surface area contributed by atoms with Crippen LogP contribution in [0.5, 0.6) is 5.75 Å². The highest BCUT2D eigenvalue weighted by atomic mass is 16.5. The zero-order valence-electron chi connectivity index (χ0n) is 17.2. The molecule has 0 bridgehead atoms. The summed E-state index contributed by atoms with van der Waals surface area (Å²) in [7, 11) is 3.09. The van der Waals surface area contributed by atoms with Crippen LogP contribution in [0.15, 0.2) is 39.9 Å². The van der Waals surface area contributed by atoms with Gasteiger partial charge in [-0.25, -0.2) is 4.79 Å². The van der Waals surface area contributed by atoms with Gasteiger partial charge in [0.05, 0.1) is 13.0 Å². The third-order valence-electron chi connectivity index (χ3n) is 5.41. The van der Waals surface area contributed by atoms with Crippen LogP contribution < -0.4 is 26.2 Å². The van der Waals surface area contributed by atoms with Gasteiger partial charge in [0.25, 0.3) is 5.56 Å². The van der Waals surface area contributed by atoms with Crippen LogP contribution in [0.4, 0.5) is 5.82 Å². The van der Waals surface area contributed by atoms with Crippen molar-refractivity contribution < 1.29 is 9.53 Å². The number of hydrogen-bond acceptors (Lipinski definition) is 5. The molecule has 2 aromatic rings. The molecule has 1 aromatic heterocycles. The standard InChI is InChI=1S/C21H28N4O4/c1-4-25-18(12-19(26)23(2)21(25)28)24-10-6-8-16(14-24)20(27)22-13-15-7-5-9-17(11-15)29-3/h5,7,9,11-12,16H,4,6,8,10,13-14H2,1-3H3,(H,22,27)/t16-/m1/s1. The van der Waals surface area contributed by atoms with Gasteiger partial charge in [-0.2, -0.15) is 0 Å². The third-order valence-corrected chi connectivity index (χ3v) is 5.41. The van der Waals surface area contributed by atoms with E-state index in [9.17, 15) is 14.4 Å². The maximum atomic E-state index is 12.7. The molecule has 8 heteroatoms. The first-order chi connectivity index (χ1) is 13.9. The second-order valence-electron chi connectivity index (χ2n) is 7.28. The number of piperidine rings is 1. The number of benzene rings is 1. The molecule has 1 fully saturated rings. The number of anilines is 1. The number of nitrogens with one attached hydrogen (secondary N) is 1. The largest absolute Gasteiger partial charge is 0.497 e. The normalized spacial score (nSPS) is 16.5. The maximum absolute atomic E-state index is 12.7. The molecule has 8 nitrogen and oxygen atoms in total. The quantitative estimate of drug-likeness (QED) is 0.785. The summed E-state index contributed by atoms with van der Waals surface area (Å²) in [6.45, 7) is 3.96. The Bertz CT molecular complexity index is 995. The molecule has 0 spiro atoms. The van der Waals surface area contributed by atoms with Crippen LogP contribution in [0, 0.1) is 5.92 Å². The number of nitrogens with zero attached hydrogens (tertiary/aromatic N) is 3. The summed E-state index contributed by atoms with van der Waals surface area (Å²) in [4.78, 5) is 39.3. The van der Waals surface area contributed by atoms with Crippen LogP contribution in [0.25, 0.3) is 0 Å². The fourth-order valence-electron chi connectivity index (χ4n) is 3.73. The van der Waals surface area contributed by atoms with Gasteiger partial charge < -0.3 is 15.0 Å². The van der Waals surface area contributed by atoms with Crippen molar-refractivity contribution in [2.24, 2.45) is 13.0 Å². The van der Waals surface area contributed by atoms with Crippen LogP contribution in [-0.4, -0.2) is 35.2 Å². The summed E-state index contributed by atoms with van der Waals surface area (Å²) in [5, 5.41) is 3.00. The molecule has 0 saturated carbocycles. The lowest BCUT2D eigenvalue weighted by atomic mass is 9.97. The molecule has 1 amide bonds. The van der Waals surface area contributed by atoms with Gasteiger partial charge in [0.1, 0.15) is 11.6 Å². The van der Waals surface area contributed by atoms with E-state index in [1.54, 1.807) is 11.7 Å². The van der Waals surface area contributed by atoms with E-state index in [-0.39, 0.29) is 23.1 Å². The van der Waals surface area contributed by atoms with Crippen molar-refractivity contribution >= 4 is 11.7 Å². The molecular formula is C21H28N4O4. The number of carbonyl (C=O) groups is 1. The summed E-state index contributed by atoms with van der Waals surface area (Å²) >= 11 is 0. The van der Waals surface area contributed by atoms with Gasteiger partial charge >= 0.3 is 5.69 Å². The molecule has 0 radical (unpaired) electrons. The summed E-state index contributed by atoms with van der Waals surface area (Å²) in [5.41, 5.74) is 0.302. The fourth-order valence-corrected chi connectivity index (χ4v) is 3.73. The fraction of sp³-hybridized carbons (Fsp3) is 0.476. The van der Waals surface area contributed by atoms with Crippen molar-refractivity contribution in [3.63, 3.8) is 0 Å². The average molecular weight is 400 g/mol. The Balaban J connectivity index is 1.71. The van der Waals surface area contributed by atoms with Gasteiger partial charge in [0.15, 0.2) is 0 Å². The average Bonchev–Trinajstić information content (AvgIpc) is 2.75. The highest BCUT2D eigenvalue weighted by Crippen LogP contribution is 2.22. The Morgan fingerprint density at radius 2 is 2.07 bits per heavy atom. The molecule has 1 aliphatic heterocycles. The van der Waals surface area contributed by atoms with Crippen LogP contribution in [-0.2, 0) is 24.9 Å². The van der Waals surface area contributed by atoms with Gasteiger partial charge in [-0.05, 0) is 37.5 Å². The third kappa shape index (κ3) is 4.52. The van der Waals surface area contributed by atoms with Gasteiger partial charge in [-0.3, -0.25) is 18.7 Å². The Morgan fingerprint density at radius 3 is 2.79 bits per heavy atom. The van der Waals surface area contributed by atoms with E-state index >= 15 is 0 Å². The molecule has 1 atom stereocenters. The second kappa shape index (κ2) is 8.98. The SMILES string of the molecule is CCn1c(N2CCC[C@@H](C(=O)NCc3cccc(OC)c3)C2)cc(=O)n(C)c1=O. The zero-order chi connectivity index (χ0) is 21.0. The van der Waals surface area contributed by atoms with E-state index in [1.807, 2.05) is 36.1 Å². The van der Waals surface area contributed by atoms with E-state index in [2.05, 4.69) is 5.32 Å². The van der Waals surface area contributed by atoms with Gasteiger partial charge in [0.2, 0.25) is 5.91 Å². The number of rotatable bonds is 6. The van der Waals surface area contributed by atoms with Crippen molar-refractivity contribution in [3.05, 3.63) is 56.7 Å². The molecular weight excluding hydrogens is 372 g/mol. The van der Waals surface area contributed by atoms with E-state index in [1.165, 1.54) is 13.1 Å². The van der Waals surface area contributed by atoms with Crippen LogP contribution in [0.3, 0.4) is 0 Å². The zero-order valence-corrected chi connectivity index (χ0v) is 17.2. The molecule has 3 rings (SSSR count). The number of methoxy groups -OCH3 is 1. The smallest absolute Gasteiger partial charge is 0.332 e. The Kier molecular flexibility index (Phi) is 6.41. The van der Waals surface area contributed by atoms with Crippen LogP contribution in [0.2, 0.25) is 0 Å². The second-order valence-corrected chi connectivity index (χ2v) is 7.28. The van der Waals surface area contributed by atoms with Gasteiger partial charge in [-0.1, -0.05) is 12.1 Å². The summed E-state index contributed by atoms with van der Waals surface area (Å²) in [6.07, 6.45) is 1.60. The first-order valence-corrected chi connectivity index (χ1v) is 9.91. The molecule has 156 valence electrons. The maximum Gasteiger partial charge on any atom is 0.332 e. The number of hydrogen-bond donors (Lipinski definition) is 1. The van der Waals surface area contributed by atoms with Crippen LogP contribution >= 0.6 is 0 Å². The Hall–Kier alpha value is -3.03. The molecule has 1 aliphatic rings. The monoisotopic (exact) mass is 400 g/mol. The van der Waals surface area contributed by atoms with Crippen molar-refractivity contribution in [3.8, 4) is 5.75 Å². The number of carbonyl (C=O) groups excluding carboxylic acids is 1. The minimum absolute atomic E-state index is 0.0215. The van der Waals surface area contributed by atoms with Crippen molar-refractivity contribution in [2.75, 3.05) is 25.1 Å². The molecule has 1 aromatic carbocycles. The van der Waals surface area contributed by atoms with Crippen molar-refractivity contribution in [1.82, 2.24) is 14.5 Å². The minimum Gasteiger partial charge on any atom is -0.497 e. The summed E-state index contributed by atoms with van der Waals surface area (Å²) in [6, 6.07) is 9.08. The van der Waals surface area contributed by atoms with Gasteiger partial charge in [0, 0.05) is 39.3 Å². The predicted octanol–water partition coefficient (Wildman–Crippen LogP) is 1.11. The van der Waals surface area contributed by atoms with Crippen molar-refractivity contribution in [2.45, 2.75) is 32.9 Å². The van der Waals surface area contributed by atoms with Gasteiger partial charge in [-0.15, -0.1) is 0 Å². The first kappa shape index (κ1) is 20.7. The topological polar surface area (TPSA) is 85.6 Å². The summed E-state index contributed by atoms with van der Waals surface area (Å²) in [5.74, 6) is 1.13. The highest BCUT2D eigenvalue weighted by Gasteiger charge is 2.27. The van der Waals surface area contributed by atoms with E-state index in [4.69, 9.17) is 4.74 Å². The number of ether oxygens (including phenoxy) is 1. The molecule has 0 aliphatic carbocycles. The van der Waals surface area contributed by atoms with E-state index < -0.39 is 0 Å². The molecule has 1 N–H and O–H groups in total. The van der Waals surface area contributed by atoms with E-state index in [0.717, 1.165) is 28.7 Å². The number of amides is 1. The molecule has 2 heterocycles.